The Labute approximate surface area is 351 Å². The smallest absolute Gasteiger partial charge is 0.149 e. The fraction of sp³-hybridized carbons (Fsp3) is 0.222. The SMILES string of the molecule is [2H]C([2H])([2H])c1cc(-c2cc(C([2H])(C)C)cc(C([2H])(C)C)c2)ccc1-n1c(-c2ccccc2O)nc2c(-c3cc(-c4cc(-c5ccc(C)cc5)ccn4)cc(C(C)(C)C)c3)cccc21. The van der Waals surface area contributed by atoms with Crippen molar-refractivity contribution in [1.29, 1.82) is 0 Å². The second kappa shape index (κ2) is 15.2. The number of aryl methyl sites for hydroxylation is 2. The molecule has 8 rings (SSSR count). The first kappa shape index (κ1) is 32.8. The number of fused-ring (bicyclic) bond motifs is 1. The molecule has 0 spiro atoms. The largest absolute Gasteiger partial charge is 0.507 e. The molecule has 0 aliphatic heterocycles. The second-order valence-electron chi connectivity index (χ2n) is 16.8. The van der Waals surface area contributed by atoms with Gasteiger partial charge in [0.1, 0.15) is 11.6 Å². The monoisotopic (exact) mass is 764 g/mol. The lowest BCUT2D eigenvalue weighted by molar-refractivity contribution is 0.477. The van der Waals surface area contributed by atoms with E-state index in [0.717, 1.165) is 55.8 Å². The van der Waals surface area contributed by atoms with Crippen LogP contribution < -0.4 is 0 Å². The van der Waals surface area contributed by atoms with Crippen molar-refractivity contribution in [2.45, 2.75) is 79.4 Å². The van der Waals surface area contributed by atoms with E-state index in [1.807, 2.05) is 99.1 Å². The van der Waals surface area contributed by atoms with E-state index in [4.69, 9.17) is 16.8 Å². The van der Waals surface area contributed by atoms with Gasteiger partial charge in [-0.15, -0.1) is 0 Å². The van der Waals surface area contributed by atoms with Crippen LogP contribution in [0.3, 0.4) is 0 Å². The zero-order valence-corrected chi connectivity index (χ0v) is 34.6. The molecule has 4 heteroatoms. The van der Waals surface area contributed by atoms with Gasteiger partial charge in [-0.3, -0.25) is 9.55 Å². The van der Waals surface area contributed by atoms with Crippen LogP contribution >= 0.6 is 0 Å². The third kappa shape index (κ3) is 7.47. The van der Waals surface area contributed by atoms with E-state index in [9.17, 15) is 5.11 Å². The van der Waals surface area contributed by atoms with E-state index in [2.05, 4.69) is 76.2 Å². The lowest BCUT2D eigenvalue weighted by atomic mass is 9.83. The molecule has 2 aromatic heterocycles. The predicted molar refractivity (Wildman–Crippen MR) is 244 cm³/mol. The molecule has 8 aromatic rings. The Morgan fingerprint density at radius 1 is 0.638 bits per heavy atom. The first-order chi connectivity index (χ1) is 29.6. The molecule has 0 amide bonds. The van der Waals surface area contributed by atoms with E-state index >= 15 is 0 Å². The Balaban J connectivity index is 1.37. The summed E-state index contributed by atoms with van der Waals surface area (Å²) in [6.07, 6.45) is 1.85. The van der Waals surface area contributed by atoms with Crippen LogP contribution in [0.25, 0.3) is 72.7 Å². The summed E-state index contributed by atoms with van der Waals surface area (Å²) in [6.45, 7) is 13.3. The Morgan fingerprint density at radius 3 is 2.00 bits per heavy atom. The Kier molecular flexibility index (Phi) is 8.62. The number of hydrogen-bond donors (Lipinski definition) is 1. The van der Waals surface area contributed by atoms with Crippen LogP contribution in [0.4, 0.5) is 0 Å². The molecule has 6 aromatic carbocycles. The Hall–Kier alpha value is -6.26. The van der Waals surface area contributed by atoms with Crippen molar-refractivity contribution in [3.63, 3.8) is 0 Å². The van der Waals surface area contributed by atoms with E-state index in [1.54, 1.807) is 24.3 Å². The molecular weight excluding hydrogens is 707 g/mol. The van der Waals surface area contributed by atoms with Gasteiger partial charge in [-0.1, -0.05) is 133 Å². The minimum atomic E-state index is -2.56. The zero-order valence-electron chi connectivity index (χ0n) is 39.6. The van der Waals surface area contributed by atoms with Gasteiger partial charge < -0.3 is 5.11 Å². The molecule has 0 saturated carbocycles. The third-order valence-electron chi connectivity index (χ3n) is 11.0. The van der Waals surface area contributed by atoms with E-state index in [0.29, 0.717) is 33.7 Å². The molecule has 0 bridgehead atoms. The molecule has 4 nitrogen and oxygen atoms in total. The molecule has 0 saturated heterocycles. The molecule has 0 unspecified atom stereocenters. The van der Waals surface area contributed by atoms with E-state index in [-0.39, 0.29) is 16.7 Å². The highest BCUT2D eigenvalue weighted by Gasteiger charge is 2.23. The highest BCUT2D eigenvalue weighted by atomic mass is 16.3. The van der Waals surface area contributed by atoms with Crippen LogP contribution in [0.2, 0.25) is 0 Å². The molecule has 290 valence electrons. The maximum Gasteiger partial charge on any atom is 0.149 e. The van der Waals surface area contributed by atoms with Gasteiger partial charge in [-0.25, -0.2) is 4.98 Å². The first-order valence-electron chi connectivity index (χ1n) is 22.4. The normalized spacial score (nSPS) is 13.8. The summed E-state index contributed by atoms with van der Waals surface area (Å²) in [5.41, 5.74) is 13.0. The van der Waals surface area contributed by atoms with Crippen LogP contribution in [-0.4, -0.2) is 19.6 Å². The van der Waals surface area contributed by atoms with Gasteiger partial charge in [0.15, 0.2) is 0 Å². The molecular formula is C54H53N3O. The van der Waals surface area contributed by atoms with Gasteiger partial charge in [-0.2, -0.15) is 0 Å². The van der Waals surface area contributed by atoms with Gasteiger partial charge in [-0.05, 0) is 136 Å². The maximum absolute atomic E-state index is 11.4. The molecule has 0 aliphatic carbocycles. The molecule has 58 heavy (non-hydrogen) atoms. The molecule has 1 N–H and O–H groups in total. The fourth-order valence-corrected chi connectivity index (χ4v) is 7.58. The van der Waals surface area contributed by atoms with Gasteiger partial charge in [0.2, 0.25) is 0 Å². The van der Waals surface area contributed by atoms with Crippen molar-refractivity contribution in [3.8, 4) is 67.5 Å². The van der Waals surface area contributed by atoms with Crippen molar-refractivity contribution in [1.82, 2.24) is 14.5 Å². The summed E-state index contributed by atoms with van der Waals surface area (Å²) < 4.78 is 46.3. The lowest BCUT2D eigenvalue weighted by Crippen LogP contribution is -2.11. The van der Waals surface area contributed by atoms with Gasteiger partial charge in [0.05, 0.1) is 28.0 Å². The summed E-state index contributed by atoms with van der Waals surface area (Å²) in [6, 6.07) is 43.2. The maximum atomic E-state index is 11.4. The number of hydrogen-bond acceptors (Lipinski definition) is 3. The van der Waals surface area contributed by atoms with Crippen LogP contribution in [0.15, 0.2) is 140 Å². The minimum Gasteiger partial charge on any atom is -0.507 e. The van der Waals surface area contributed by atoms with Crippen molar-refractivity contribution >= 4 is 11.0 Å². The number of nitrogens with zero attached hydrogens (tertiary/aromatic N) is 3. The van der Waals surface area contributed by atoms with Gasteiger partial charge in [0, 0.05) is 24.2 Å². The summed E-state index contributed by atoms with van der Waals surface area (Å²) in [7, 11) is 0. The fourth-order valence-electron chi connectivity index (χ4n) is 7.58. The van der Waals surface area contributed by atoms with Crippen molar-refractivity contribution < 1.29 is 12.0 Å². The van der Waals surface area contributed by atoms with E-state index < -0.39 is 18.6 Å². The summed E-state index contributed by atoms with van der Waals surface area (Å²) in [5, 5.41) is 11.4. The first-order valence-corrected chi connectivity index (χ1v) is 19.9. The number of aromatic hydroxyl groups is 1. The summed E-state index contributed by atoms with van der Waals surface area (Å²) in [5.74, 6) is -1.49. The topological polar surface area (TPSA) is 50.9 Å². The number of phenols is 1. The Morgan fingerprint density at radius 2 is 1.31 bits per heavy atom. The molecule has 0 radical (unpaired) electrons. The van der Waals surface area contributed by atoms with Gasteiger partial charge in [0.25, 0.3) is 0 Å². The minimum absolute atomic E-state index is 0.0135. The number of benzene rings is 6. The average Bonchev–Trinajstić information content (AvgIpc) is 3.62. The zero-order chi connectivity index (χ0) is 45.2. The lowest BCUT2D eigenvalue weighted by Gasteiger charge is -2.22. The predicted octanol–water partition coefficient (Wildman–Crippen LogP) is 14.6. The highest BCUT2D eigenvalue weighted by molar-refractivity contribution is 5.97. The Bertz CT molecular complexity index is 2980. The standard InChI is InChI=1S/C54H53N3O/c1-33(2)40-26-41(34(3)4)28-42(27-40)38-21-22-49(36(6)25-38)57-50-15-12-14-46(52(50)56-53(57)47-13-10-11-16-51(47)58)43-29-44(31-45(30-43)54(7,8)9)48-32-39(23-24-55-48)37-19-17-35(5)18-20-37/h10-34,58H,1-9H3/i6D3,33D,34D. The number of pyridine rings is 1. The number of phenolic OH excluding ortho intramolecular Hbond substituents is 1. The average molecular weight is 765 g/mol. The van der Waals surface area contributed by atoms with E-state index in [1.165, 1.54) is 5.56 Å². The molecule has 0 aliphatic rings. The summed E-state index contributed by atoms with van der Waals surface area (Å²) in [4.78, 5) is 10.2. The van der Waals surface area contributed by atoms with Crippen LogP contribution in [0, 0.1) is 13.8 Å². The molecule has 0 atom stereocenters. The highest BCUT2D eigenvalue weighted by Crippen LogP contribution is 2.41. The van der Waals surface area contributed by atoms with Crippen molar-refractivity contribution in [3.05, 3.63) is 167 Å². The number of aromatic nitrogens is 3. The van der Waals surface area contributed by atoms with Crippen LogP contribution in [0.5, 0.6) is 5.75 Å². The van der Waals surface area contributed by atoms with Crippen molar-refractivity contribution in [2.24, 2.45) is 0 Å². The quantitative estimate of drug-likeness (QED) is 0.168. The number of para-hydroxylation sites is 2. The van der Waals surface area contributed by atoms with Crippen LogP contribution in [0.1, 0.15) is 94.9 Å². The van der Waals surface area contributed by atoms with Gasteiger partial charge >= 0.3 is 0 Å². The number of rotatable bonds is 8. The summed E-state index contributed by atoms with van der Waals surface area (Å²) >= 11 is 0. The molecule has 2 heterocycles. The third-order valence-corrected chi connectivity index (χ3v) is 11.0. The number of imidazole rings is 1. The van der Waals surface area contributed by atoms with Crippen molar-refractivity contribution in [2.75, 3.05) is 0 Å². The second-order valence-corrected chi connectivity index (χ2v) is 16.8. The van der Waals surface area contributed by atoms with Crippen LogP contribution in [-0.2, 0) is 5.41 Å². The molecule has 0 fully saturated rings.